The molecule has 4 N–H and O–H groups in total. The molecule has 0 aliphatic carbocycles. The van der Waals surface area contributed by atoms with Crippen LogP contribution in [-0.4, -0.2) is 51.9 Å². The largest absolute Gasteiger partial charge is 0.496 e. The quantitative estimate of drug-likeness (QED) is 0.230. The van der Waals surface area contributed by atoms with Crippen molar-refractivity contribution >= 4 is 23.5 Å². The summed E-state index contributed by atoms with van der Waals surface area (Å²) in [6.45, 7) is 3.79. The first kappa shape index (κ1) is 31.8. The first-order valence-corrected chi connectivity index (χ1v) is 14.2. The lowest BCUT2D eigenvalue weighted by Gasteiger charge is -2.23. The third-order valence-electron chi connectivity index (χ3n) is 7.97. The molecule has 1 aliphatic heterocycles. The standard InChI is InChI=1S/C32H32FN7O6/c1-16-19(18-12-23(33)22(26(13-18)46-5)14-34-25-15-35-31(44)37-28(25)41)8-6-9-20(16)21-10-7-11-24(17(21)2)36-29(42)27-30(43)39(3)32(45)40(4)38-27/h6-13,25,34H,14-15H2,1-5H3,(H,36,42)(H2,35,37,41,44). The van der Waals surface area contributed by atoms with E-state index in [9.17, 15) is 24.0 Å². The van der Waals surface area contributed by atoms with Gasteiger partial charge in [0.2, 0.25) is 11.6 Å². The summed E-state index contributed by atoms with van der Waals surface area (Å²) in [5.74, 6) is -1.51. The fourth-order valence-electron chi connectivity index (χ4n) is 5.37. The summed E-state index contributed by atoms with van der Waals surface area (Å²) in [5, 5.41) is 14.2. The van der Waals surface area contributed by atoms with Gasteiger partial charge in [-0.05, 0) is 65.4 Å². The highest BCUT2D eigenvalue weighted by Gasteiger charge is 2.26. The molecule has 1 saturated heterocycles. The number of amides is 4. The Hall–Kier alpha value is -5.63. The molecule has 0 bridgehead atoms. The van der Waals surface area contributed by atoms with E-state index in [4.69, 9.17) is 4.74 Å². The number of hydrogen-bond donors (Lipinski definition) is 4. The Labute approximate surface area is 262 Å². The molecule has 1 unspecified atom stereocenters. The molecule has 3 aromatic carbocycles. The minimum Gasteiger partial charge on any atom is -0.496 e. The van der Waals surface area contributed by atoms with Gasteiger partial charge >= 0.3 is 11.7 Å². The number of nitrogens with zero attached hydrogens (tertiary/aromatic N) is 3. The van der Waals surface area contributed by atoms with Crippen molar-refractivity contribution in [1.82, 2.24) is 30.3 Å². The van der Waals surface area contributed by atoms with Gasteiger partial charge in [-0.15, -0.1) is 0 Å². The van der Waals surface area contributed by atoms with E-state index >= 15 is 4.39 Å². The van der Waals surface area contributed by atoms with Crippen LogP contribution in [0.15, 0.2) is 58.1 Å². The molecule has 5 rings (SSSR count). The molecular formula is C32H32FN7O6. The van der Waals surface area contributed by atoms with Crippen LogP contribution >= 0.6 is 0 Å². The predicted octanol–water partition coefficient (Wildman–Crippen LogP) is 2.13. The molecule has 2 heterocycles. The smallest absolute Gasteiger partial charge is 0.346 e. The second kappa shape index (κ2) is 12.8. The van der Waals surface area contributed by atoms with Crippen molar-refractivity contribution in [3.05, 3.63) is 97.6 Å². The van der Waals surface area contributed by atoms with E-state index < -0.39 is 46.6 Å². The van der Waals surface area contributed by atoms with E-state index in [-0.39, 0.29) is 24.4 Å². The highest BCUT2D eigenvalue weighted by atomic mass is 19.1. The Kier molecular flexibility index (Phi) is 8.82. The number of urea groups is 1. The van der Waals surface area contributed by atoms with Gasteiger partial charge < -0.3 is 20.7 Å². The average molecular weight is 630 g/mol. The number of methoxy groups -OCH3 is 1. The second-order valence-electron chi connectivity index (χ2n) is 10.8. The maximum Gasteiger partial charge on any atom is 0.346 e. The Bertz CT molecular complexity index is 2020. The van der Waals surface area contributed by atoms with Crippen LogP contribution in [0.2, 0.25) is 0 Å². The maximum atomic E-state index is 15.6. The summed E-state index contributed by atoms with van der Waals surface area (Å²) in [7, 11) is 4.06. The van der Waals surface area contributed by atoms with Gasteiger partial charge in [0.25, 0.3) is 11.5 Å². The van der Waals surface area contributed by atoms with Crippen molar-refractivity contribution in [2.75, 3.05) is 19.0 Å². The van der Waals surface area contributed by atoms with Gasteiger partial charge in [-0.2, -0.15) is 5.10 Å². The highest BCUT2D eigenvalue weighted by molar-refractivity contribution is 6.03. The summed E-state index contributed by atoms with van der Waals surface area (Å²) in [6, 6.07) is 12.8. The van der Waals surface area contributed by atoms with Gasteiger partial charge in [0.1, 0.15) is 17.6 Å². The monoisotopic (exact) mass is 629 g/mol. The molecule has 1 aromatic heterocycles. The molecule has 4 amide bonds. The lowest BCUT2D eigenvalue weighted by atomic mass is 9.90. The van der Waals surface area contributed by atoms with Gasteiger partial charge in [-0.3, -0.25) is 24.3 Å². The summed E-state index contributed by atoms with van der Waals surface area (Å²) < 4.78 is 22.8. The third-order valence-corrected chi connectivity index (χ3v) is 7.97. The number of nitrogens with one attached hydrogen (secondary N) is 4. The number of anilines is 1. The number of benzene rings is 3. The van der Waals surface area contributed by atoms with E-state index in [1.165, 1.54) is 27.3 Å². The predicted molar refractivity (Wildman–Crippen MR) is 168 cm³/mol. The fraction of sp³-hybridized carbons (Fsp3) is 0.250. The number of rotatable bonds is 8. The Morgan fingerprint density at radius 2 is 1.70 bits per heavy atom. The summed E-state index contributed by atoms with van der Waals surface area (Å²) in [6.07, 6.45) is 0. The van der Waals surface area contributed by atoms with Crippen LogP contribution in [0.4, 0.5) is 14.9 Å². The zero-order valence-corrected chi connectivity index (χ0v) is 25.8. The average Bonchev–Trinajstić information content (AvgIpc) is 3.02. The van der Waals surface area contributed by atoms with Crippen LogP contribution < -0.4 is 37.3 Å². The van der Waals surface area contributed by atoms with Gasteiger partial charge in [0, 0.05) is 38.4 Å². The van der Waals surface area contributed by atoms with Gasteiger partial charge in [-0.25, -0.2) is 18.7 Å². The zero-order chi connectivity index (χ0) is 33.3. The molecular weight excluding hydrogens is 597 g/mol. The Morgan fingerprint density at radius 3 is 2.39 bits per heavy atom. The molecule has 4 aromatic rings. The molecule has 1 atom stereocenters. The molecule has 1 fully saturated rings. The minimum atomic E-state index is -0.810. The fourth-order valence-corrected chi connectivity index (χ4v) is 5.37. The van der Waals surface area contributed by atoms with Crippen molar-refractivity contribution in [3.8, 4) is 28.0 Å². The highest BCUT2D eigenvalue weighted by Crippen LogP contribution is 2.37. The topological polar surface area (TPSA) is 165 Å². The minimum absolute atomic E-state index is 0.0130. The molecule has 0 radical (unpaired) electrons. The molecule has 13 nitrogen and oxygen atoms in total. The molecule has 46 heavy (non-hydrogen) atoms. The summed E-state index contributed by atoms with van der Waals surface area (Å²) in [5.41, 5.74) is 3.29. The number of ether oxygens (including phenoxy) is 1. The van der Waals surface area contributed by atoms with Crippen molar-refractivity contribution in [2.45, 2.75) is 26.4 Å². The van der Waals surface area contributed by atoms with Gasteiger partial charge in [0.05, 0.1) is 7.11 Å². The lowest BCUT2D eigenvalue weighted by Crippen LogP contribution is -2.59. The summed E-state index contributed by atoms with van der Waals surface area (Å²) >= 11 is 0. The number of imide groups is 1. The van der Waals surface area contributed by atoms with Crippen LogP contribution in [0, 0.1) is 19.7 Å². The number of carbonyl (C=O) groups is 3. The van der Waals surface area contributed by atoms with Crippen LogP contribution in [0.3, 0.4) is 0 Å². The van der Waals surface area contributed by atoms with Crippen LogP contribution in [0.25, 0.3) is 22.3 Å². The Morgan fingerprint density at radius 1 is 1.02 bits per heavy atom. The van der Waals surface area contributed by atoms with Crippen molar-refractivity contribution < 1.29 is 23.5 Å². The maximum absolute atomic E-state index is 15.6. The lowest BCUT2D eigenvalue weighted by molar-refractivity contribution is -0.122. The van der Waals surface area contributed by atoms with Gasteiger partial charge in [0.15, 0.2) is 0 Å². The number of aryl methyl sites for hydroxylation is 1. The number of hydrogen-bond acceptors (Lipinski definition) is 8. The van der Waals surface area contributed by atoms with E-state index in [1.54, 1.807) is 18.2 Å². The molecule has 0 spiro atoms. The normalized spacial score (nSPS) is 14.4. The van der Waals surface area contributed by atoms with Crippen LogP contribution in [0.1, 0.15) is 27.2 Å². The Balaban J connectivity index is 1.44. The number of halogens is 1. The SMILES string of the molecule is COc1cc(-c2cccc(-c3cccc(NC(=O)c4nn(C)c(=O)n(C)c4=O)c3C)c2C)cc(F)c1CNC1CNC(=O)NC1=O. The molecule has 238 valence electrons. The van der Waals surface area contributed by atoms with E-state index in [0.717, 1.165) is 31.5 Å². The zero-order valence-electron chi connectivity index (χ0n) is 25.8. The number of carbonyl (C=O) groups excluding carboxylic acids is 3. The van der Waals surface area contributed by atoms with Gasteiger partial charge in [-0.1, -0.05) is 30.3 Å². The molecule has 1 aliphatic rings. The number of aromatic nitrogens is 3. The third kappa shape index (κ3) is 6.02. The molecule has 0 saturated carbocycles. The van der Waals surface area contributed by atoms with Crippen molar-refractivity contribution in [2.24, 2.45) is 14.1 Å². The van der Waals surface area contributed by atoms with E-state index in [0.29, 0.717) is 16.8 Å². The van der Waals surface area contributed by atoms with Crippen LogP contribution in [0.5, 0.6) is 5.75 Å². The van der Waals surface area contributed by atoms with Crippen LogP contribution in [-0.2, 0) is 25.4 Å². The first-order chi connectivity index (χ1) is 21.9. The molecule has 14 heteroatoms. The second-order valence-corrected chi connectivity index (χ2v) is 10.8. The van der Waals surface area contributed by atoms with Crippen molar-refractivity contribution in [3.63, 3.8) is 0 Å². The summed E-state index contributed by atoms with van der Waals surface area (Å²) in [4.78, 5) is 61.0. The first-order valence-electron chi connectivity index (χ1n) is 14.2. The van der Waals surface area contributed by atoms with E-state index in [1.807, 2.05) is 38.1 Å². The van der Waals surface area contributed by atoms with E-state index in [2.05, 4.69) is 26.4 Å². The van der Waals surface area contributed by atoms with Crippen molar-refractivity contribution in [1.29, 1.82) is 0 Å².